The monoisotopic (exact) mass is 295 g/mol. The Kier molecular flexibility index (Phi) is 4.55. The van der Waals surface area contributed by atoms with Crippen LogP contribution in [0.15, 0.2) is 18.2 Å². The molecule has 1 saturated carbocycles. The largest absolute Gasteiger partial charge is 0.397 e. The van der Waals surface area contributed by atoms with E-state index in [1.54, 1.807) is 18.2 Å². The first-order valence-electron chi connectivity index (χ1n) is 6.98. The maximum absolute atomic E-state index is 12.3. The summed E-state index contributed by atoms with van der Waals surface area (Å²) in [6, 6.07) is 5.38. The zero-order valence-corrected chi connectivity index (χ0v) is 12.9. The first-order valence-corrected chi connectivity index (χ1v) is 7.35. The summed E-state index contributed by atoms with van der Waals surface area (Å²) in [5, 5.41) is 3.38. The van der Waals surface area contributed by atoms with Gasteiger partial charge in [-0.3, -0.25) is 9.69 Å². The summed E-state index contributed by atoms with van der Waals surface area (Å²) in [4.78, 5) is 14.4. The van der Waals surface area contributed by atoms with Crippen molar-refractivity contribution in [1.82, 2.24) is 4.90 Å². The number of carbonyl (C=O) groups excluding carboxylic acids is 1. The number of hydrogen-bond acceptors (Lipinski definition) is 3. The van der Waals surface area contributed by atoms with Crippen LogP contribution in [0, 0.1) is 5.92 Å². The Morgan fingerprint density at radius 2 is 2.10 bits per heavy atom. The number of halogens is 1. The molecule has 0 saturated heterocycles. The van der Waals surface area contributed by atoms with E-state index < -0.39 is 0 Å². The van der Waals surface area contributed by atoms with E-state index in [0.717, 1.165) is 5.92 Å². The van der Waals surface area contributed by atoms with Crippen molar-refractivity contribution < 1.29 is 4.79 Å². The number of hydrogen-bond donors (Lipinski definition) is 2. The molecule has 1 aliphatic carbocycles. The highest BCUT2D eigenvalue weighted by Gasteiger charge is 2.33. The standard InChI is InChI=1S/C15H22ClN3O/c1-9(11-4-5-11)19(3)10(2)15(20)18-12-6-7-13(16)14(17)8-12/h6-11H,4-5,17H2,1-3H3,(H,18,20). The number of nitrogens with zero attached hydrogens (tertiary/aromatic N) is 1. The molecule has 1 amide bonds. The third-order valence-electron chi connectivity index (χ3n) is 4.20. The van der Waals surface area contributed by atoms with Gasteiger partial charge in [0.2, 0.25) is 5.91 Å². The number of nitrogens with one attached hydrogen (secondary N) is 1. The normalized spacial score (nSPS) is 17.9. The maximum atomic E-state index is 12.3. The highest BCUT2D eigenvalue weighted by Crippen LogP contribution is 2.35. The van der Waals surface area contributed by atoms with Crippen LogP contribution in [0.4, 0.5) is 11.4 Å². The lowest BCUT2D eigenvalue weighted by Crippen LogP contribution is -2.45. The lowest BCUT2D eigenvalue weighted by molar-refractivity contribution is -0.121. The van der Waals surface area contributed by atoms with Gasteiger partial charge in [0, 0.05) is 11.7 Å². The lowest BCUT2D eigenvalue weighted by atomic mass is 10.1. The topological polar surface area (TPSA) is 58.4 Å². The Balaban J connectivity index is 1.97. The Hall–Kier alpha value is -1.26. The Bertz CT molecular complexity index is 502. The van der Waals surface area contributed by atoms with Gasteiger partial charge in [-0.25, -0.2) is 0 Å². The average molecular weight is 296 g/mol. The molecule has 4 nitrogen and oxygen atoms in total. The SMILES string of the molecule is CC(C(=O)Nc1ccc(Cl)c(N)c1)N(C)C(C)C1CC1. The molecule has 0 spiro atoms. The first-order chi connectivity index (χ1) is 9.40. The smallest absolute Gasteiger partial charge is 0.241 e. The lowest BCUT2D eigenvalue weighted by Gasteiger charge is -2.30. The molecule has 0 aliphatic heterocycles. The number of benzene rings is 1. The van der Waals surface area contributed by atoms with E-state index in [1.807, 2.05) is 14.0 Å². The number of nitrogens with two attached hydrogens (primary N) is 1. The third-order valence-corrected chi connectivity index (χ3v) is 4.54. The van der Waals surface area contributed by atoms with Crippen LogP contribution >= 0.6 is 11.6 Å². The summed E-state index contributed by atoms with van der Waals surface area (Å²) < 4.78 is 0. The van der Waals surface area contributed by atoms with Crippen molar-refractivity contribution in [2.45, 2.75) is 38.8 Å². The minimum atomic E-state index is -0.178. The van der Waals surface area contributed by atoms with Crippen molar-refractivity contribution in [2.75, 3.05) is 18.1 Å². The quantitative estimate of drug-likeness (QED) is 0.821. The predicted octanol–water partition coefficient (Wildman–Crippen LogP) is 2.98. The zero-order chi connectivity index (χ0) is 14.9. The summed E-state index contributed by atoms with van der Waals surface area (Å²) in [7, 11) is 2.00. The van der Waals surface area contributed by atoms with E-state index in [-0.39, 0.29) is 11.9 Å². The molecule has 0 aromatic heterocycles. The van der Waals surface area contributed by atoms with E-state index in [4.69, 9.17) is 17.3 Å². The van der Waals surface area contributed by atoms with Gasteiger partial charge in [0.05, 0.1) is 16.8 Å². The van der Waals surface area contributed by atoms with Gasteiger partial charge < -0.3 is 11.1 Å². The number of rotatable bonds is 5. The van der Waals surface area contributed by atoms with Crippen LogP contribution < -0.4 is 11.1 Å². The minimum Gasteiger partial charge on any atom is -0.397 e. The highest BCUT2D eigenvalue weighted by molar-refractivity contribution is 6.33. The second-order valence-corrected chi connectivity index (χ2v) is 6.05. The van der Waals surface area contributed by atoms with Gasteiger partial charge in [-0.05, 0) is 57.9 Å². The van der Waals surface area contributed by atoms with E-state index in [2.05, 4.69) is 17.1 Å². The number of nitrogen functional groups attached to an aromatic ring is 1. The summed E-state index contributed by atoms with van der Waals surface area (Å²) in [6.07, 6.45) is 2.54. The summed E-state index contributed by atoms with van der Waals surface area (Å²) in [5.74, 6) is 0.711. The van der Waals surface area contributed by atoms with Gasteiger partial charge in [0.25, 0.3) is 0 Å². The molecule has 5 heteroatoms. The van der Waals surface area contributed by atoms with Gasteiger partial charge in [-0.1, -0.05) is 11.6 Å². The second kappa shape index (κ2) is 6.02. The van der Waals surface area contributed by atoms with E-state index >= 15 is 0 Å². The van der Waals surface area contributed by atoms with Crippen LogP contribution in [0.1, 0.15) is 26.7 Å². The van der Waals surface area contributed by atoms with Crippen molar-refractivity contribution in [2.24, 2.45) is 5.92 Å². The van der Waals surface area contributed by atoms with Gasteiger partial charge in [-0.15, -0.1) is 0 Å². The van der Waals surface area contributed by atoms with Crippen LogP contribution in [0.3, 0.4) is 0 Å². The Morgan fingerprint density at radius 3 is 2.65 bits per heavy atom. The number of anilines is 2. The molecular weight excluding hydrogens is 274 g/mol. The van der Waals surface area contributed by atoms with Crippen LogP contribution in [-0.2, 0) is 4.79 Å². The third kappa shape index (κ3) is 3.44. The van der Waals surface area contributed by atoms with Crippen molar-refractivity contribution >= 4 is 28.9 Å². The molecule has 0 bridgehead atoms. The average Bonchev–Trinajstić information content (AvgIpc) is 3.24. The molecule has 20 heavy (non-hydrogen) atoms. The molecule has 1 aromatic rings. The van der Waals surface area contributed by atoms with Crippen LogP contribution in [0.5, 0.6) is 0 Å². The van der Waals surface area contributed by atoms with Gasteiger partial charge in [0.15, 0.2) is 0 Å². The number of amides is 1. The molecular formula is C15H22ClN3O. The zero-order valence-electron chi connectivity index (χ0n) is 12.2. The van der Waals surface area contributed by atoms with Crippen molar-refractivity contribution in [3.05, 3.63) is 23.2 Å². The molecule has 3 N–H and O–H groups in total. The number of carbonyl (C=O) groups is 1. The molecule has 1 aromatic carbocycles. The minimum absolute atomic E-state index is 0.0262. The molecule has 1 fully saturated rings. The van der Waals surface area contributed by atoms with Crippen molar-refractivity contribution in [3.63, 3.8) is 0 Å². The van der Waals surface area contributed by atoms with Gasteiger partial charge in [0.1, 0.15) is 0 Å². The molecule has 0 heterocycles. The summed E-state index contributed by atoms with van der Waals surface area (Å²) >= 11 is 5.87. The van der Waals surface area contributed by atoms with E-state index in [0.29, 0.717) is 22.4 Å². The first kappa shape index (κ1) is 15.1. The second-order valence-electron chi connectivity index (χ2n) is 5.65. The van der Waals surface area contributed by atoms with E-state index in [9.17, 15) is 4.79 Å². The molecule has 2 atom stereocenters. The molecule has 0 radical (unpaired) electrons. The molecule has 1 aliphatic rings. The van der Waals surface area contributed by atoms with E-state index in [1.165, 1.54) is 12.8 Å². The molecule has 2 rings (SSSR count). The fourth-order valence-corrected chi connectivity index (χ4v) is 2.43. The summed E-state index contributed by atoms with van der Waals surface area (Å²) in [5.41, 5.74) is 6.88. The Morgan fingerprint density at radius 1 is 1.45 bits per heavy atom. The Labute approximate surface area is 125 Å². The maximum Gasteiger partial charge on any atom is 0.241 e. The molecule has 110 valence electrons. The van der Waals surface area contributed by atoms with Crippen molar-refractivity contribution in [3.8, 4) is 0 Å². The highest BCUT2D eigenvalue weighted by atomic mass is 35.5. The van der Waals surface area contributed by atoms with Crippen molar-refractivity contribution in [1.29, 1.82) is 0 Å². The van der Waals surface area contributed by atoms with Crippen LogP contribution in [-0.4, -0.2) is 29.9 Å². The molecule has 2 unspecified atom stereocenters. The van der Waals surface area contributed by atoms with Gasteiger partial charge >= 0.3 is 0 Å². The predicted molar refractivity (Wildman–Crippen MR) is 83.9 cm³/mol. The fraction of sp³-hybridized carbons (Fsp3) is 0.533. The van der Waals surface area contributed by atoms with Gasteiger partial charge in [-0.2, -0.15) is 0 Å². The van der Waals surface area contributed by atoms with Crippen LogP contribution in [0.25, 0.3) is 0 Å². The summed E-state index contributed by atoms with van der Waals surface area (Å²) in [6.45, 7) is 4.11. The van der Waals surface area contributed by atoms with Crippen LogP contribution in [0.2, 0.25) is 5.02 Å². The number of likely N-dealkylation sites (N-methyl/N-ethyl adjacent to an activating group) is 1. The fourth-order valence-electron chi connectivity index (χ4n) is 2.32.